The van der Waals surface area contributed by atoms with Crippen molar-refractivity contribution in [3.63, 3.8) is 0 Å². The maximum atomic E-state index is 13.3. The van der Waals surface area contributed by atoms with Crippen LogP contribution in [-0.4, -0.2) is 45.3 Å². The number of Topliss-reactive ketones (excluding diaryl/α,β-unsaturated/α-hetero) is 1. The fourth-order valence-corrected chi connectivity index (χ4v) is 5.72. The van der Waals surface area contributed by atoms with Crippen molar-refractivity contribution in [3.05, 3.63) is 52.7 Å². The predicted molar refractivity (Wildman–Crippen MR) is 160 cm³/mol. The van der Waals surface area contributed by atoms with Crippen LogP contribution in [-0.2, 0) is 11.3 Å². The van der Waals surface area contributed by atoms with Crippen LogP contribution in [0.5, 0.6) is 5.75 Å². The van der Waals surface area contributed by atoms with Gasteiger partial charge in [-0.05, 0) is 101 Å². The van der Waals surface area contributed by atoms with Crippen molar-refractivity contribution in [1.29, 1.82) is 0 Å². The first-order valence-corrected chi connectivity index (χ1v) is 14.7. The molecule has 0 bridgehead atoms. The SMILES string of the molecule is CC(C)(C)OC(=O)NC[C@H]1CC[C@H](Nc2c(C(=O)C3CC3)cnc3ccc(-c4cc(Cl)c(O)c(CO)c4)cc23)CC1. The van der Waals surface area contributed by atoms with Crippen LogP contribution in [0.1, 0.15) is 75.2 Å². The van der Waals surface area contributed by atoms with Gasteiger partial charge in [0.05, 0.1) is 28.4 Å². The van der Waals surface area contributed by atoms with E-state index in [9.17, 15) is 19.8 Å². The van der Waals surface area contributed by atoms with Crippen LogP contribution in [0.2, 0.25) is 5.02 Å². The molecule has 0 saturated heterocycles. The van der Waals surface area contributed by atoms with Gasteiger partial charge in [0, 0.05) is 35.7 Å². The monoisotopic (exact) mass is 579 g/mol. The van der Waals surface area contributed by atoms with Gasteiger partial charge in [-0.2, -0.15) is 0 Å². The van der Waals surface area contributed by atoms with Crippen molar-refractivity contribution in [2.45, 2.75) is 77.5 Å². The van der Waals surface area contributed by atoms with Gasteiger partial charge in [0.2, 0.25) is 0 Å². The molecular weight excluding hydrogens is 542 g/mol. The van der Waals surface area contributed by atoms with Crippen LogP contribution >= 0.6 is 11.6 Å². The molecule has 5 rings (SSSR count). The Morgan fingerprint density at radius 2 is 1.78 bits per heavy atom. The van der Waals surface area contributed by atoms with E-state index in [2.05, 4.69) is 15.6 Å². The van der Waals surface area contributed by atoms with Crippen LogP contribution < -0.4 is 10.6 Å². The number of fused-ring (bicyclic) bond motifs is 1. The van der Waals surface area contributed by atoms with Gasteiger partial charge in [0.15, 0.2) is 5.78 Å². The summed E-state index contributed by atoms with van der Waals surface area (Å²) in [6.07, 6.45) is 6.84. The topological polar surface area (TPSA) is 121 Å². The van der Waals surface area contributed by atoms with E-state index in [4.69, 9.17) is 16.3 Å². The standard InChI is InChI=1S/C32H38ClN3O5/c1-32(2,3)41-31(40)35-15-18-4-9-23(10-5-18)36-28-24-13-20(21-12-22(17-37)30(39)26(33)14-21)8-11-27(24)34-16-25(28)29(38)19-6-7-19/h8,11-14,16,18-19,23,37,39H,4-7,9-10,15,17H2,1-3H3,(H,34,36)(H,35,40)/t18-,23-. The average Bonchev–Trinajstić information content (AvgIpc) is 3.78. The van der Waals surface area contributed by atoms with E-state index in [-0.39, 0.29) is 41.2 Å². The largest absolute Gasteiger partial charge is 0.506 e. The quantitative estimate of drug-likeness (QED) is 0.216. The molecule has 1 heterocycles. The number of ketones is 1. The molecule has 0 unspecified atom stereocenters. The highest BCUT2D eigenvalue weighted by Gasteiger charge is 2.33. The molecule has 0 radical (unpaired) electrons. The molecule has 1 aromatic heterocycles. The zero-order chi connectivity index (χ0) is 29.3. The Labute approximate surface area is 245 Å². The molecule has 0 aliphatic heterocycles. The first-order chi connectivity index (χ1) is 19.5. The van der Waals surface area contributed by atoms with Crippen LogP contribution in [0.4, 0.5) is 10.5 Å². The molecule has 2 aromatic carbocycles. The van der Waals surface area contributed by atoms with Crippen molar-refractivity contribution in [2.75, 3.05) is 11.9 Å². The number of amides is 1. The molecule has 41 heavy (non-hydrogen) atoms. The van der Waals surface area contributed by atoms with Crippen molar-refractivity contribution >= 4 is 40.1 Å². The summed E-state index contributed by atoms with van der Waals surface area (Å²) in [5.74, 6) is 0.416. The molecule has 0 atom stereocenters. The number of aliphatic hydroxyl groups excluding tert-OH is 1. The number of pyridine rings is 1. The molecule has 2 fully saturated rings. The molecule has 3 aromatic rings. The summed E-state index contributed by atoms with van der Waals surface area (Å²) in [4.78, 5) is 30.0. The number of carbonyl (C=O) groups excluding carboxylic acids is 2. The molecule has 2 aliphatic carbocycles. The number of benzene rings is 2. The number of phenols is 1. The number of aromatic nitrogens is 1. The Hall–Kier alpha value is -3.36. The lowest BCUT2D eigenvalue weighted by molar-refractivity contribution is 0.0515. The van der Waals surface area contributed by atoms with E-state index < -0.39 is 5.60 Å². The lowest BCUT2D eigenvalue weighted by atomic mass is 9.85. The molecule has 4 N–H and O–H groups in total. The van der Waals surface area contributed by atoms with E-state index in [1.807, 2.05) is 39.0 Å². The van der Waals surface area contributed by atoms with Crippen LogP contribution in [0.3, 0.4) is 0 Å². The Morgan fingerprint density at radius 3 is 2.44 bits per heavy atom. The van der Waals surface area contributed by atoms with Crippen molar-refractivity contribution in [3.8, 4) is 16.9 Å². The molecule has 8 nitrogen and oxygen atoms in total. The zero-order valence-corrected chi connectivity index (χ0v) is 24.6. The Bertz CT molecular complexity index is 1460. The van der Waals surface area contributed by atoms with Crippen LogP contribution in [0.15, 0.2) is 36.5 Å². The van der Waals surface area contributed by atoms with E-state index in [0.717, 1.165) is 66.2 Å². The highest BCUT2D eigenvalue weighted by atomic mass is 35.5. The number of nitrogens with zero attached hydrogens (tertiary/aromatic N) is 1. The van der Waals surface area contributed by atoms with E-state index >= 15 is 0 Å². The maximum Gasteiger partial charge on any atom is 0.407 e. The second-order valence-electron chi connectivity index (χ2n) is 12.3. The minimum Gasteiger partial charge on any atom is -0.506 e. The Kier molecular flexibility index (Phi) is 8.43. The van der Waals surface area contributed by atoms with Gasteiger partial charge in [0.25, 0.3) is 0 Å². The third-order valence-corrected chi connectivity index (χ3v) is 8.14. The molecule has 2 saturated carbocycles. The smallest absolute Gasteiger partial charge is 0.407 e. The molecule has 0 spiro atoms. The zero-order valence-electron chi connectivity index (χ0n) is 23.8. The number of halogens is 1. The third-order valence-electron chi connectivity index (χ3n) is 7.86. The summed E-state index contributed by atoms with van der Waals surface area (Å²) in [6, 6.07) is 9.40. The van der Waals surface area contributed by atoms with Crippen molar-refractivity contribution < 1.29 is 24.5 Å². The number of anilines is 1. The highest BCUT2D eigenvalue weighted by Crippen LogP contribution is 2.40. The van der Waals surface area contributed by atoms with Crippen LogP contribution in [0.25, 0.3) is 22.0 Å². The van der Waals surface area contributed by atoms with Gasteiger partial charge in [-0.15, -0.1) is 0 Å². The molecule has 1 amide bonds. The number of hydrogen-bond donors (Lipinski definition) is 4. The molecular formula is C32H38ClN3O5. The first-order valence-electron chi connectivity index (χ1n) is 14.4. The molecule has 2 aliphatic rings. The summed E-state index contributed by atoms with van der Waals surface area (Å²) >= 11 is 6.25. The van der Waals surface area contributed by atoms with Gasteiger partial charge >= 0.3 is 6.09 Å². The Morgan fingerprint density at radius 1 is 1.05 bits per heavy atom. The second-order valence-corrected chi connectivity index (χ2v) is 12.7. The summed E-state index contributed by atoms with van der Waals surface area (Å²) < 4.78 is 5.36. The number of alkyl carbamates (subject to hydrolysis) is 1. The number of carbonyl (C=O) groups is 2. The van der Waals surface area contributed by atoms with Gasteiger partial charge in [0.1, 0.15) is 11.4 Å². The lowest BCUT2D eigenvalue weighted by Gasteiger charge is -2.31. The fraction of sp³-hybridized carbons (Fsp3) is 0.469. The van der Waals surface area contributed by atoms with Gasteiger partial charge in [-0.1, -0.05) is 17.7 Å². The van der Waals surface area contributed by atoms with E-state index in [0.29, 0.717) is 23.6 Å². The summed E-state index contributed by atoms with van der Waals surface area (Å²) in [5.41, 5.74) is 3.60. The van der Waals surface area contributed by atoms with E-state index in [1.165, 1.54) is 0 Å². The number of hydrogen-bond acceptors (Lipinski definition) is 7. The second kappa shape index (κ2) is 11.9. The minimum absolute atomic E-state index is 0.0515. The summed E-state index contributed by atoms with van der Waals surface area (Å²) in [5, 5.41) is 27.5. The normalized spacial score (nSPS) is 19.1. The van der Waals surface area contributed by atoms with E-state index in [1.54, 1.807) is 18.3 Å². The van der Waals surface area contributed by atoms with Crippen molar-refractivity contribution in [2.24, 2.45) is 11.8 Å². The summed E-state index contributed by atoms with van der Waals surface area (Å²) in [7, 11) is 0. The van der Waals surface area contributed by atoms with Crippen LogP contribution in [0, 0.1) is 11.8 Å². The summed E-state index contributed by atoms with van der Waals surface area (Å²) in [6.45, 7) is 5.80. The predicted octanol–water partition coefficient (Wildman–Crippen LogP) is 6.84. The third kappa shape index (κ3) is 6.93. The van der Waals surface area contributed by atoms with Gasteiger partial charge < -0.3 is 25.6 Å². The minimum atomic E-state index is -0.524. The highest BCUT2D eigenvalue weighted by molar-refractivity contribution is 6.32. The number of aliphatic hydroxyl groups is 1. The molecule has 218 valence electrons. The maximum absolute atomic E-state index is 13.3. The lowest BCUT2D eigenvalue weighted by Crippen LogP contribution is -2.37. The Balaban J connectivity index is 1.38. The number of ether oxygens (including phenoxy) is 1. The number of nitrogens with one attached hydrogen (secondary N) is 2. The van der Waals surface area contributed by atoms with Gasteiger partial charge in [-0.3, -0.25) is 9.78 Å². The fourth-order valence-electron chi connectivity index (χ4n) is 5.48. The number of aromatic hydroxyl groups is 1. The average molecular weight is 580 g/mol. The van der Waals surface area contributed by atoms with Crippen molar-refractivity contribution in [1.82, 2.24) is 10.3 Å². The van der Waals surface area contributed by atoms with Gasteiger partial charge in [-0.25, -0.2) is 4.79 Å². The molecule has 9 heteroatoms. The first kappa shape index (κ1) is 29.1. The number of rotatable bonds is 8.